The van der Waals surface area contributed by atoms with Gasteiger partial charge in [0.05, 0.1) is 29.9 Å². The number of fused-ring (bicyclic) bond motifs is 1. The van der Waals surface area contributed by atoms with Crippen molar-refractivity contribution in [3.8, 4) is 5.75 Å². The molecule has 33 heavy (non-hydrogen) atoms. The van der Waals surface area contributed by atoms with Crippen LogP contribution in [0, 0.1) is 0 Å². The second-order valence-corrected chi connectivity index (χ2v) is 9.26. The molecule has 1 atom stereocenters. The number of furan rings is 1. The number of ether oxygens (including phenoxy) is 1. The average molecular weight is 446 g/mol. The number of hydrogen-bond donors (Lipinski definition) is 1. The molecule has 0 fully saturated rings. The third-order valence-corrected chi connectivity index (χ3v) is 5.68. The van der Waals surface area contributed by atoms with Gasteiger partial charge in [0.25, 0.3) is 5.91 Å². The van der Waals surface area contributed by atoms with E-state index >= 15 is 0 Å². The van der Waals surface area contributed by atoms with Gasteiger partial charge in [0, 0.05) is 6.54 Å². The molecule has 2 heterocycles. The molecule has 1 amide bonds. The molecule has 0 saturated heterocycles. The van der Waals surface area contributed by atoms with Gasteiger partial charge in [-0.1, -0.05) is 45.0 Å². The van der Waals surface area contributed by atoms with E-state index in [0.717, 1.165) is 35.6 Å². The van der Waals surface area contributed by atoms with Crippen molar-refractivity contribution in [3.05, 3.63) is 84.1 Å². The van der Waals surface area contributed by atoms with Crippen LogP contribution in [-0.2, 0) is 12.0 Å². The van der Waals surface area contributed by atoms with E-state index in [0.29, 0.717) is 6.61 Å². The maximum Gasteiger partial charge on any atom is 0.287 e. The molecule has 0 spiro atoms. The molecule has 1 unspecified atom stereocenters. The molecule has 2 aromatic heterocycles. The first-order valence-electron chi connectivity index (χ1n) is 11.4. The summed E-state index contributed by atoms with van der Waals surface area (Å²) in [5, 5.41) is 2.99. The Morgan fingerprint density at radius 3 is 2.55 bits per heavy atom. The lowest BCUT2D eigenvalue weighted by Crippen LogP contribution is -2.28. The Kier molecular flexibility index (Phi) is 6.54. The van der Waals surface area contributed by atoms with Gasteiger partial charge in [0.2, 0.25) is 0 Å². The normalized spacial score (nSPS) is 12.6. The van der Waals surface area contributed by atoms with Crippen LogP contribution in [0.5, 0.6) is 5.75 Å². The first kappa shape index (κ1) is 22.6. The quantitative estimate of drug-likeness (QED) is 0.344. The van der Waals surface area contributed by atoms with Crippen LogP contribution in [0.25, 0.3) is 11.0 Å². The Balaban J connectivity index is 1.43. The third kappa shape index (κ3) is 5.28. The summed E-state index contributed by atoms with van der Waals surface area (Å²) in [6, 6.07) is 19.4. The second kappa shape index (κ2) is 9.53. The van der Waals surface area contributed by atoms with E-state index < -0.39 is 0 Å². The molecule has 172 valence electrons. The summed E-state index contributed by atoms with van der Waals surface area (Å²) in [6.45, 7) is 9.87. The standard InChI is InChI=1S/C27H31N3O3/c1-19(28-26(31)24-11-7-17-33-24)25-29-22-9-5-6-10-23(22)30(25)16-8-18-32-21-14-12-20(13-15-21)27(2,3)4/h5-7,9-15,17,19H,8,16,18H2,1-4H3,(H,28,31). The van der Waals surface area contributed by atoms with Crippen molar-refractivity contribution in [2.45, 2.75) is 52.1 Å². The average Bonchev–Trinajstić information content (AvgIpc) is 3.45. The van der Waals surface area contributed by atoms with Crippen molar-refractivity contribution in [1.82, 2.24) is 14.9 Å². The van der Waals surface area contributed by atoms with Crippen LogP contribution in [0.15, 0.2) is 71.3 Å². The van der Waals surface area contributed by atoms with E-state index in [1.54, 1.807) is 12.1 Å². The molecule has 4 rings (SSSR count). The summed E-state index contributed by atoms with van der Waals surface area (Å²) in [4.78, 5) is 17.3. The van der Waals surface area contributed by atoms with Crippen LogP contribution in [-0.4, -0.2) is 22.1 Å². The van der Waals surface area contributed by atoms with Gasteiger partial charge in [-0.25, -0.2) is 4.98 Å². The monoisotopic (exact) mass is 445 g/mol. The fourth-order valence-electron chi connectivity index (χ4n) is 3.86. The predicted molar refractivity (Wildman–Crippen MR) is 130 cm³/mol. The fraction of sp³-hybridized carbons (Fsp3) is 0.333. The molecule has 0 aliphatic heterocycles. The lowest BCUT2D eigenvalue weighted by atomic mass is 9.87. The van der Waals surface area contributed by atoms with Gasteiger partial charge in [-0.05, 0) is 60.7 Å². The lowest BCUT2D eigenvalue weighted by Gasteiger charge is -2.19. The van der Waals surface area contributed by atoms with Crippen molar-refractivity contribution in [3.63, 3.8) is 0 Å². The molecule has 6 heteroatoms. The number of aryl methyl sites for hydroxylation is 1. The van der Waals surface area contributed by atoms with Gasteiger partial charge in [-0.15, -0.1) is 0 Å². The van der Waals surface area contributed by atoms with Gasteiger partial charge in [0.1, 0.15) is 11.6 Å². The number of nitrogens with one attached hydrogen (secondary N) is 1. The topological polar surface area (TPSA) is 69.3 Å². The molecule has 4 aromatic rings. The van der Waals surface area contributed by atoms with E-state index in [-0.39, 0.29) is 23.1 Å². The number of benzene rings is 2. The number of nitrogens with zero attached hydrogens (tertiary/aromatic N) is 2. The lowest BCUT2D eigenvalue weighted by molar-refractivity contribution is 0.0909. The number of aromatic nitrogens is 2. The van der Waals surface area contributed by atoms with Crippen LogP contribution in [0.1, 0.15) is 62.1 Å². The first-order valence-corrected chi connectivity index (χ1v) is 11.4. The van der Waals surface area contributed by atoms with Gasteiger partial charge in [0.15, 0.2) is 5.76 Å². The minimum absolute atomic E-state index is 0.125. The van der Waals surface area contributed by atoms with E-state index in [9.17, 15) is 4.79 Å². The van der Waals surface area contributed by atoms with Crippen molar-refractivity contribution in [2.24, 2.45) is 0 Å². The number of para-hydroxylation sites is 2. The van der Waals surface area contributed by atoms with Crippen LogP contribution in [0.3, 0.4) is 0 Å². The Morgan fingerprint density at radius 2 is 1.85 bits per heavy atom. The molecular formula is C27H31N3O3. The molecule has 6 nitrogen and oxygen atoms in total. The van der Waals surface area contributed by atoms with Crippen LogP contribution < -0.4 is 10.1 Å². The van der Waals surface area contributed by atoms with E-state index in [4.69, 9.17) is 14.1 Å². The predicted octanol–water partition coefficient (Wildman–Crippen LogP) is 5.89. The molecule has 0 aliphatic rings. The third-order valence-electron chi connectivity index (χ3n) is 5.68. The first-order chi connectivity index (χ1) is 15.8. The van der Waals surface area contributed by atoms with Gasteiger partial charge in [-0.3, -0.25) is 4.79 Å². The molecule has 1 N–H and O–H groups in total. The Morgan fingerprint density at radius 1 is 1.09 bits per heavy atom. The summed E-state index contributed by atoms with van der Waals surface area (Å²) in [7, 11) is 0. The number of rotatable bonds is 8. The largest absolute Gasteiger partial charge is 0.494 e. The van der Waals surface area contributed by atoms with Gasteiger partial charge >= 0.3 is 0 Å². The molecule has 0 bridgehead atoms. The van der Waals surface area contributed by atoms with E-state index in [2.05, 4.69) is 48.9 Å². The minimum atomic E-state index is -0.277. The number of carbonyl (C=O) groups excluding carboxylic acids is 1. The second-order valence-electron chi connectivity index (χ2n) is 9.26. The maximum atomic E-state index is 12.5. The highest BCUT2D eigenvalue weighted by Gasteiger charge is 2.20. The number of carbonyl (C=O) groups is 1. The van der Waals surface area contributed by atoms with E-state index in [1.165, 1.54) is 11.8 Å². The van der Waals surface area contributed by atoms with Crippen LogP contribution in [0.2, 0.25) is 0 Å². The highest BCUT2D eigenvalue weighted by molar-refractivity contribution is 5.91. The van der Waals surface area contributed by atoms with Crippen LogP contribution in [0.4, 0.5) is 0 Å². The molecule has 0 saturated carbocycles. The Labute approximate surface area is 194 Å². The van der Waals surface area contributed by atoms with Crippen LogP contribution >= 0.6 is 0 Å². The maximum absolute atomic E-state index is 12.5. The zero-order valence-corrected chi connectivity index (χ0v) is 19.7. The highest BCUT2D eigenvalue weighted by atomic mass is 16.5. The Bertz CT molecular complexity index is 1200. The van der Waals surface area contributed by atoms with Crippen molar-refractivity contribution >= 4 is 16.9 Å². The van der Waals surface area contributed by atoms with Crippen molar-refractivity contribution in [1.29, 1.82) is 0 Å². The SMILES string of the molecule is CC(NC(=O)c1ccco1)c1nc2ccccc2n1CCCOc1ccc(C(C)(C)C)cc1. The van der Waals surface area contributed by atoms with Crippen molar-refractivity contribution < 1.29 is 13.9 Å². The Hall–Kier alpha value is -3.54. The van der Waals surface area contributed by atoms with Gasteiger partial charge in [-0.2, -0.15) is 0 Å². The summed E-state index contributed by atoms with van der Waals surface area (Å²) in [5.41, 5.74) is 3.36. The summed E-state index contributed by atoms with van der Waals surface area (Å²) >= 11 is 0. The molecule has 2 aromatic carbocycles. The molecule has 0 radical (unpaired) electrons. The summed E-state index contributed by atoms with van der Waals surface area (Å²) in [5.74, 6) is 1.71. The van der Waals surface area contributed by atoms with Crippen molar-refractivity contribution in [2.75, 3.05) is 6.61 Å². The zero-order chi connectivity index (χ0) is 23.4. The number of hydrogen-bond acceptors (Lipinski definition) is 4. The number of imidazole rings is 1. The molecule has 0 aliphatic carbocycles. The summed E-state index contributed by atoms with van der Waals surface area (Å²) in [6.07, 6.45) is 2.30. The minimum Gasteiger partial charge on any atom is -0.494 e. The zero-order valence-electron chi connectivity index (χ0n) is 19.7. The molecular weight excluding hydrogens is 414 g/mol. The smallest absolute Gasteiger partial charge is 0.287 e. The number of amides is 1. The van der Waals surface area contributed by atoms with Gasteiger partial charge < -0.3 is 19.0 Å². The summed E-state index contributed by atoms with van der Waals surface area (Å²) < 4.78 is 13.4. The highest BCUT2D eigenvalue weighted by Crippen LogP contribution is 2.25. The fourth-order valence-corrected chi connectivity index (χ4v) is 3.86. The van der Waals surface area contributed by atoms with E-state index in [1.807, 2.05) is 37.3 Å².